The summed E-state index contributed by atoms with van der Waals surface area (Å²) in [5.74, 6) is 1.48. The first-order valence-electron chi connectivity index (χ1n) is 5.90. The lowest BCUT2D eigenvalue weighted by molar-refractivity contribution is 0.592. The molecule has 0 unspecified atom stereocenters. The minimum atomic E-state index is -2.95. The molecule has 0 spiro atoms. The molecule has 0 N–H and O–H groups in total. The zero-order valence-electron chi connectivity index (χ0n) is 10.6. The molecule has 0 heterocycles. The fraction of sp³-hybridized carbons (Fsp3) is 0.0667. The molecule has 2 aromatic rings. The second-order valence-electron chi connectivity index (χ2n) is 4.19. The molecule has 0 aliphatic heterocycles. The third-order valence-corrected chi connectivity index (χ3v) is 5.66. The van der Waals surface area contributed by atoms with Gasteiger partial charge in [-0.25, -0.2) is 0 Å². The highest BCUT2D eigenvalue weighted by atomic mass is 31.2. The highest BCUT2D eigenvalue weighted by Crippen LogP contribution is 2.45. The fourth-order valence-corrected chi connectivity index (χ4v) is 4.28. The third-order valence-electron chi connectivity index (χ3n) is 2.79. The van der Waals surface area contributed by atoms with Crippen molar-refractivity contribution >= 4 is 17.8 Å². The quantitative estimate of drug-likeness (QED) is 0.629. The van der Waals surface area contributed by atoms with Crippen LogP contribution in [-0.4, -0.2) is 0 Å². The Morgan fingerprint density at radius 1 is 0.947 bits per heavy atom. The van der Waals surface area contributed by atoms with Gasteiger partial charge in [0.2, 0.25) is 0 Å². The first-order valence-corrected chi connectivity index (χ1v) is 7.68. The van der Waals surface area contributed by atoms with E-state index in [1.54, 1.807) is 6.92 Å². The van der Waals surface area contributed by atoms with Gasteiger partial charge in [0, 0.05) is 16.4 Å². The average molecular weight is 271 g/mol. The highest BCUT2D eigenvalue weighted by molar-refractivity contribution is 7.81. The first-order chi connectivity index (χ1) is 9.16. The van der Waals surface area contributed by atoms with E-state index >= 15 is 0 Å². The average Bonchev–Trinajstić information content (AvgIpc) is 2.48. The summed E-state index contributed by atoms with van der Waals surface area (Å²) in [4.78, 5) is 10.6. The predicted octanol–water partition coefficient (Wildman–Crippen LogP) is 3.63. The minimum Gasteiger partial charge on any atom is -0.309 e. The van der Waals surface area contributed by atoms with E-state index < -0.39 is 7.14 Å². The Morgan fingerprint density at radius 3 is 1.74 bits per heavy atom. The maximum absolute atomic E-state index is 13.3. The zero-order valence-corrected chi connectivity index (χ0v) is 11.5. The Morgan fingerprint density at radius 2 is 1.37 bits per heavy atom. The minimum absolute atomic E-state index is 0.232. The van der Waals surface area contributed by atoms with Gasteiger partial charge in [0.05, 0.1) is 5.70 Å². The van der Waals surface area contributed by atoms with Crippen molar-refractivity contribution in [2.24, 2.45) is 5.18 Å². The summed E-state index contributed by atoms with van der Waals surface area (Å²) >= 11 is 0. The van der Waals surface area contributed by atoms with Crippen molar-refractivity contribution in [3.8, 4) is 0 Å². The SMILES string of the molecule is C/C(=C\P(=O)(c1ccccc1)c1ccccc1)N=O. The molecule has 96 valence electrons. The molecule has 0 fully saturated rings. The molecule has 0 radical (unpaired) electrons. The van der Waals surface area contributed by atoms with Crippen LogP contribution in [0.25, 0.3) is 0 Å². The highest BCUT2D eigenvalue weighted by Gasteiger charge is 2.24. The van der Waals surface area contributed by atoms with Crippen LogP contribution in [-0.2, 0) is 4.57 Å². The van der Waals surface area contributed by atoms with Gasteiger partial charge in [0.25, 0.3) is 0 Å². The summed E-state index contributed by atoms with van der Waals surface area (Å²) in [6, 6.07) is 18.3. The number of hydrogen-bond donors (Lipinski definition) is 0. The zero-order chi connectivity index (χ0) is 13.7. The molecule has 0 atom stereocenters. The van der Waals surface area contributed by atoms with Gasteiger partial charge in [-0.05, 0) is 12.1 Å². The monoisotopic (exact) mass is 271 g/mol. The third kappa shape index (κ3) is 2.88. The lowest BCUT2D eigenvalue weighted by Gasteiger charge is -2.15. The predicted molar refractivity (Wildman–Crippen MR) is 79.3 cm³/mol. The van der Waals surface area contributed by atoms with Crippen LogP contribution in [0.3, 0.4) is 0 Å². The smallest absolute Gasteiger partial charge is 0.166 e. The molecule has 0 saturated carbocycles. The van der Waals surface area contributed by atoms with Crippen molar-refractivity contribution in [3.05, 3.63) is 77.1 Å². The second-order valence-corrected chi connectivity index (χ2v) is 6.80. The van der Waals surface area contributed by atoms with Gasteiger partial charge in [-0.1, -0.05) is 60.7 Å². The van der Waals surface area contributed by atoms with Crippen LogP contribution in [0.1, 0.15) is 6.92 Å². The molecule has 0 aromatic heterocycles. The molecule has 19 heavy (non-hydrogen) atoms. The van der Waals surface area contributed by atoms with Crippen molar-refractivity contribution in [1.82, 2.24) is 0 Å². The van der Waals surface area contributed by atoms with Crippen molar-refractivity contribution in [3.63, 3.8) is 0 Å². The van der Waals surface area contributed by atoms with Crippen LogP contribution in [0.2, 0.25) is 0 Å². The van der Waals surface area contributed by atoms with Gasteiger partial charge < -0.3 is 4.57 Å². The van der Waals surface area contributed by atoms with E-state index in [1.165, 1.54) is 5.82 Å². The van der Waals surface area contributed by atoms with E-state index in [-0.39, 0.29) is 5.70 Å². The summed E-state index contributed by atoms with van der Waals surface area (Å²) in [5.41, 5.74) is 0.232. The van der Waals surface area contributed by atoms with Crippen LogP contribution in [0.5, 0.6) is 0 Å². The number of hydrogen-bond acceptors (Lipinski definition) is 3. The van der Waals surface area contributed by atoms with Crippen LogP contribution in [0, 0.1) is 4.91 Å². The summed E-state index contributed by atoms with van der Waals surface area (Å²) in [7, 11) is -2.95. The Bertz CT molecular complexity index is 592. The Labute approximate surface area is 112 Å². The number of benzene rings is 2. The molecule has 2 aromatic carbocycles. The van der Waals surface area contributed by atoms with Crippen LogP contribution in [0.4, 0.5) is 0 Å². The molecule has 0 bridgehead atoms. The van der Waals surface area contributed by atoms with Crippen molar-refractivity contribution in [2.75, 3.05) is 0 Å². The van der Waals surface area contributed by atoms with Gasteiger partial charge in [0.15, 0.2) is 7.14 Å². The van der Waals surface area contributed by atoms with Crippen LogP contribution < -0.4 is 10.6 Å². The second kappa shape index (κ2) is 5.77. The van der Waals surface area contributed by atoms with E-state index in [2.05, 4.69) is 5.18 Å². The van der Waals surface area contributed by atoms with Gasteiger partial charge in [-0.3, -0.25) is 0 Å². The molecular formula is C15H14NO2P. The largest absolute Gasteiger partial charge is 0.309 e. The fourth-order valence-electron chi connectivity index (χ4n) is 1.88. The molecule has 0 saturated heterocycles. The maximum atomic E-state index is 13.3. The van der Waals surface area contributed by atoms with Crippen molar-refractivity contribution in [2.45, 2.75) is 6.92 Å². The van der Waals surface area contributed by atoms with Crippen LogP contribution in [0.15, 0.2) is 77.4 Å². The molecule has 0 amide bonds. The van der Waals surface area contributed by atoms with Crippen molar-refractivity contribution < 1.29 is 4.57 Å². The standard InChI is InChI=1S/C15H14NO2P/c1-13(16-17)12-19(18,14-8-4-2-5-9-14)15-10-6-3-7-11-15/h2-12H,1H3/b13-12+. The number of nitroso groups, excluding NO2 is 1. The Hall–Kier alpha value is -1.99. The van der Waals surface area contributed by atoms with E-state index in [1.807, 2.05) is 60.7 Å². The first kappa shape index (κ1) is 13.4. The van der Waals surface area contributed by atoms with Crippen molar-refractivity contribution in [1.29, 1.82) is 0 Å². The molecular weight excluding hydrogens is 257 g/mol. The molecule has 0 aliphatic carbocycles. The number of rotatable bonds is 4. The lowest BCUT2D eigenvalue weighted by Crippen LogP contribution is -2.14. The van der Waals surface area contributed by atoms with Gasteiger partial charge >= 0.3 is 0 Å². The summed E-state index contributed by atoms with van der Waals surface area (Å²) in [5, 5.41) is 4.26. The summed E-state index contributed by atoms with van der Waals surface area (Å²) in [6.07, 6.45) is 0. The summed E-state index contributed by atoms with van der Waals surface area (Å²) < 4.78 is 13.3. The number of nitrogens with zero attached hydrogens (tertiary/aromatic N) is 1. The normalized spacial score (nSPS) is 12.2. The topological polar surface area (TPSA) is 46.5 Å². The molecule has 0 aliphatic rings. The number of allylic oxidation sites excluding steroid dienone is 1. The van der Waals surface area contributed by atoms with E-state index in [0.717, 1.165) is 0 Å². The molecule has 3 nitrogen and oxygen atoms in total. The lowest BCUT2D eigenvalue weighted by atomic mass is 10.4. The van der Waals surface area contributed by atoms with Crippen LogP contribution >= 0.6 is 7.14 Å². The van der Waals surface area contributed by atoms with E-state index in [0.29, 0.717) is 10.6 Å². The van der Waals surface area contributed by atoms with E-state index in [9.17, 15) is 9.47 Å². The Balaban J connectivity index is 2.65. The van der Waals surface area contributed by atoms with Gasteiger partial charge in [-0.2, -0.15) is 0 Å². The van der Waals surface area contributed by atoms with E-state index in [4.69, 9.17) is 0 Å². The maximum Gasteiger partial charge on any atom is 0.166 e. The van der Waals surface area contributed by atoms with Gasteiger partial charge in [-0.15, -0.1) is 4.91 Å². The molecule has 4 heteroatoms. The summed E-state index contributed by atoms with van der Waals surface area (Å²) in [6.45, 7) is 1.56. The Kier molecular flexibility index (Phi) is 4.08. The van der Waals surface area contributed by atoms with Gasteiger partial charge in [0.1, 0.15) is 0 Å². The molecule has 2 rings (SSSR count).